The molecular weight excluding hydrogens is 286 g/mol. The van der Waals surface area contributed by atoms with Gasteiger partial charge in [-0.3, -0.25) is 0 Å². The van der Waals surface area contributed by atoms with Crippen molar-refractivity contribution in [3.05, 3.63) is 28.5 Å². The van der Waals surface area contributed by atoms with Crippen LogP contribution in [0.1, 0.15) is 30.4 Å². The molecule has 0 radical (unpaired) electrons. The Morgan fingerprint density at radius 3 is 2.68 bits per heavy atom. The average molecular weight is 300 g/mol. The van der Waals surface area contributed by atoms with Crippen molar-refractivity contribution in [2.75, 3.05) is 5.73 Å². The number of rotatable bonds is 2. The predicted octanol–water partition coefficient (Wildman–Crippen LogP) is 4.20. The topological polar surface area (TPSA) is 65.5 Å². The van der Waals surface area contributed by atoms with E-state index in [4.69, 9.17) is 26.5 Å². The zero-order valence-electron chi connectivity index (χ0n) is 10.8. The van der Waals surface area contributed by atoms with Crippen molar-refractivity contribution >= 4 is 34.6 Å². The Bertz CT molecular complexity index is 610. The van der Waals surface area contributed by atoms with Crippen LogP contribution in [0.2, 0.25) is 5.22 Å². The van der Waals surface area contributed by atoms with E-state index in [1.165, 1.54) is 17.6 Å². The van der Waals surface area contributed by atoms with Crippen molar-refractivity contribution < 1.29 is 13.9 Å². The second-order valence-electron chi connectivity index (χ2n) is 5.00. The molecule has 0 amide bonds. The third-order valence-electron chi connectivity index (χ3n) is 2.23. The highest BCUT2D eigenvalue weighted by Crippen LogP contribution is 2.38. The molecule has 0 spiro atoms. The summed E-state index contributed by atoms with van der Waals surface area (Å²) in [6, 6.07) is 3.42. The van der Waals surface area contributed by atoms with Gasteiger partial charge >= 0.3 is 5.97 Å². The maximum Gasteiger partial charge on any atom is 0.350 e. The van der Waals surface area contributed by atoms with Crippen LogP contribution in [0.15, 0.2) is 22.8 Å². The van der Waals surface area contributed by atoms with Gasteiger partial charge < -0.3 is 14.9 Å². The number of ether oxygens (including phenoxy) is 1. The molecule has 2 aromatic heterocycles. The molecular formula is C13H14ClNO3S. The summed E-state index contributed by atoms with van der Waals surface area (Å²) >= 11 is 7.14. The highest BCUT2D eigenvalue weighted by molar-refractivity contribution is 7.18. The molecule has 0 bridgehead atoms. The van der Waals surface area contributed by atoms with Gasteiger partial charge in [-0.2, -0.15) is 0 Å². The smallest absolute Gasteiger partial charge is 0.350 e. The quantitative estimate of drug-likeness (QED) is 0.844. The summed E-state index contributed by atoms with van der Waals surface area (Å²) in [7, 11) is 0. The van der Waals surface area contributed by atoms with Crippen LogP contribution in [0.4, 0.5) is 5.69 Å². The summed E-state index contributed by atoms with van der Waals surface area (Å²) in [6.45, 7) is 5.42. The molecule has 6 heteroatoms. The highest BCUT2D eigenvalue weighted by atomic mass is 35.5. The number of esters is 1. The molecule has 0 saturated heterocycles. The molecule has 0 unspecified atom stereocenters. The summed E-state index contributed by atoms with van der Waals surface area (Å²) in [5.41, 5.74) is 6.40. The lowest BCUT2D eigenvalue weighted by molar-refractivity contribution is 0.00764. The minimum Gasteiger partial charge on any atom is -0.456 e. The van der Waals surface area contributed by atoms with E-state index in [0.29, 0.717) is 16.1 Å². The molecule has 0 aromatic carbocycles. The van der Waals surface area contributed by atoms with E-state index in [-0.39, 0.29) is 5.22 Å². The number of carbonyl (C=O) groups is 1. The Balaban J connectivity index is 2.32. The van der Waals surface area contributed by atoms with E-state index in [0.717, 1.165) is 4.88 Å². The predicted molar refractivity (Wildman–Crippen MR) is 76.6 cm³/mol. The lowest BCUT2D eigenvalue weighted by Gasteiger charge is -2.18. The fraction of sp³-hybridized carbons (Fsp3) is 0.308. The molecule has 2 N–H and O–H groups in total. The van der Waals surface area contributed by atoms with Gasteiger partial charge in [0.2, 0.25) is 5.22 Å². The fourth-order valence-corrected chi connectivity index (χ4v) is 2.74. The zero-order valence-corrected chi connectivity index (χ0v) is 12.4. The first-order valence-electron chi connectivity index (χ1n) is 5.64. The van der Waals surface area contributed by atoms with Gasteiger partial charge in [-0.1, -0.05) is 0 Å². The molecule has 2 aromatic rings. The molecule has 4 nitrogen and oxygen atoms in total. The van der Waals surface area contributed by atoms with E-state index >= 15 is 0 Å². The molecule has 0 saturated carbocycles. The first-order valence-corrected chi connectivity index (χ1v) is 6.83. The van der Waals surface area contributed by atoms with E-state index in [1.807, 2.05) is 20.8 Å². The van der Waals surface area contributed by atoms with Crippen LogP contribution in [0, 0.1) is 0 Å². The van der Waals surface area contributed by atoms with E-state index < -0.39 is 11.6 Å². The number of hydrogen-bond donors (Lipinski definition) is 1. The molecule has 0 fully saturated rings. The number of furan rings is 1. The van der Waals surface area contributed by atoms with Crippen LogP contribution in [0.5, 0.6) is 0 Å². The molecule has 0 aliphatic rings. The van der Waals surface area contributed by atoms with Crippen molar-refractivity contribution in [1.29, 1.82) is 0 Å². The van der Waals surface area contributed by atoms with Gasteiger partial charge in [-0.25, -0.2) is 4.79 Å². The maximum absolute atomic E-state index is 12.0. The molecule has 102 valence electrons. The number of halogens is 1. The van der Waals surface area contributed by atoms with Crippen LogP contribution in [-0.2, 0) is 4.74 Å². The van der Waals surface area contributed by atoms with Crippen LogP contribution >= 0.6 is 22.9 Å². The number of carbonyl (C=O) groups excluding carboxylic acids is 1. The van der Waals surface area contributed by atoms with Crippen LogP contribution in [0.3, 0.4) is 0 Å². The summed E-state index contributed by atoms with van der Waals surface area (Å²) in [4.78, 5) is 13.2. The fourth-order valence-electron chi connectivity index (χ4n) is 1.49. The van der Waals surface area contributed by atoms with Gasteiger partial charge in [0.15, 0.2) is 0 Å². The summed E-state index contributed by atoms with van der Waals surface area (Å²) < 4.78 is 10.3. The van der Waals surface area contributed by atoms with Crippen molar-refractivity contribution in [3.8, 4) is 10.4 Å². The summed E-state index contributed by atoms with van der Waals surface area (Å²) in [5, 5.41) is 0.275. The number of nitrogens with two attached hydrogens (primary N) is 1. The first-order chi connectivity index (χ1) is 8.78. The molecule has 2 rings (SSSR count). The molecule has 0 aliphatic heterocycles. The van der Waals surface area contributed by atoms with Crippen LogP contribution in [-0.4, -0.2) is 11.6 Å². The average Bonchev–Trinajstić information content (AvgIpc) is 2.81. The zero-order chi connectivity index (χ0) is 14.2. The number of nitrogen functional groups attached to an aromatic ring is 1. The van der Waals surface area contributed by atoms with E-state index in [9.17, 15) is 4.79 Å². The maximum atomic E-state index is 12.0. The van der Waals surface area contributed by atoms with Crippen LogP contribution in [0.25, 0.3) is 10.4 Å². The minimum atomic E-state index is -0.555. The van der Waals surface area contributed by atoms with E-state index in [2.05, 4.69) is 0 Å². The minimum absolute atomic E-state index is 0.275. The van der Waals surface area contributed by atoms with Crippen molar-refractivity contribution in [2.45, 2.75) is 26.4 Å². The Hall–Kier alpha value is -1.46. The Morgan fingerprint density at radius 1 is 1.47 bits per heavy atom. The van der Waals surface area contributed by atoms with Crippen molar-refractivity contribution in [1.82, 2.24) is 0 Å². The van der Waals surface area contributed by atoms with Gasteiger partial charge in [0.1, 0.15) is 10.5 Å². The largest absolute Gasteiger partial charge is 0.456 e. The Labute approximate surface area is 120 Å². The normalized spacial score (nSPS) is 11.6. The van der Waals surface area contributed by atoms with Crippen LogP contribution < -0.4 is 5.73 Å². The number of thiophene rings is 1. The summed E-state index contributed by atoms with van der Waals surface area (Å²) in [6.07, 6.45) is 1.49. The summed E-state index contributed by atoms with van der Waals surface area (Å²) in [5.74, 6) is -0.430. The Morgan fingerprint density at radius 2 is 2.16 bits per heavy atom. The highest BCUT2D eigenvalue weighted by Gasteiger charge is 2.23. The first kappa shape index (κ1) is 14.0. The van der Waals surface area contributed by atoms with Gasteiger partial charge in [-0.05, 0) is 44.5 Å². The van der Waals surface area contributed by atoms with Gasteiger partial charge in [0, 0.05) is 10.4 Å². The number of anilines is 1. The standard InChI is InChI=1S/C13H14ClNO3S/c1-13(2,3)18-12(16)10-8(15)6-9(19-10)7-4-5-17-11(7)14/h4-6H,15H2,1-3H3. The van der Waals surface area contributed by atoms with Crippen molar-refractivity contribution in [3.63, 3.8) is 0 Å². The molecule has 0 aliphatic carbocycles. The third-order valence-corrected chi connectivity index (χ3v) is 3.69. The molecule has 0 atom stereocenters. The van der Waals surface area contributed by atoms with Gasteiger partial charge in [0.25, 0.3) is 0 Å². The van der Waals surface area contributed by atoms with Gasteiger partial charge in [0.05, 0.1) is 12.0 Å². The lowest BCUT2D eigenvalue weighted by atomic mass is 10.2. The molecule has 19 heavy (non-hydrogen) atoms. The van der Waals surface area contributed by atoms with Crippen molar-refractivity contribution in [2.24, 2.45) is 0 Å². The second kappa shape index (κ2) is 4.90. The second-order valence-corrected chi connectivity index (χ2v) is 6.40. The third kappa shape index (κ3) is 3.11. The number of hydrogen-bond acceptors (Lipinski definition) is 5. The molecule has 2 heterocycles. The monoisotopic (exact) mass is 299 g/mol. The SMILES string of the molecule is CC(C)(C)OC(=O)c1sc(-c2ccoc2Cl)cc1N. The lowest BCUT2D eigenvalue weighted by Crippen LogP contribution is -2.23. The van der Waals surface area contributed by atoms with E-state index in [1.54, 1.807) is 12.1 Å². The Kier molecular flexibility index (Phi) is 3.60. The van der Waals surface area contributed by atoms with Gasteiger partial charge in [-0.15, -0.1) is 11.3 Å².